The fourth-order valence-corrected chi connectivity index (χ4v) is 4.72. The average molecular weight is 431 g/mol. The number of hydrogen-bond acceptors (Lipinski definition) is 7. The Morgan fingerprint density at radius 1 is 1.41 bits per heavy atom. The number of ether oxygens (including phenoxy) is 1. The van der Waals surface area contributed by atoms with E-state index in [0.29, 0.717) is 39.3 Å². The zero-order valence-electron chi connectivity index (χ0n) is 16.1. The summed E-state index contributed by atoms with van der Waals surface area (Å²) < 4.78 is 7.67. The first kappa shape index (κ1) is 20.1. The van der Waals surface area contributed by atoms with E-state index in [-0.39, 0.29) is 17.6 Å². The Morgan fingerprint density at radius 3 is 3.03 bits per heavy atom. The topological polar surface area (TPSA) is 75.9 Å². The molecule has 4 rings (SSSR count). The van der Waals surface area contributed by atoms with Crippen LogP contribution in [-0.2, 0) is 9.53 Å². The predicted octanol–water partition coefficient (Wildman–Crippen LogP) is 2.90. The molecule has 152 valence electrons. The second-order valence-electron chi connectivity index (χ2n) is 6.96. The second-order valence-corrected chi connectivity index (χ2v) is 8.63. The fourth-order valence-electron chi connectivity index (χ4n) is 3.43. The second kappa shape index (κ2) is 8.64. The number of nitrogens with zero attached hydrogens (tertiary/aromatic N) is 3. The summed E-state index contributed by atoms with van der Waals surface area (Å²) in [6.45, 7) is 3.89. The molecule has 0 bridgehead atoms. The van der Waals surface area contributed by atoms with Gasteiger partial charge in [0.2, 0.25) is 0 Å². The zero-order valence-corrected chi connectivity index (χ0v) is 17.7. The molecule has 1 atom stereocenters. The van der Waals surface area contributed by atoms with Crippen LogP contribution >= 0.6 is 24.0 Å². The van der Waals surface area contributed by atoms with Gasteiger partial charge in [0.05, 0.1) is 16.6 Å². The van der Waals surface area contributed by atoms with Crippen molar-refractivity contribution >= 4 is 51.7 Å². The maximum atomic E-state index is 13.2. The molecule has 7 nitrogen and oxygen atoms in total. The molecule has 1 amide bonds. The third-order valence-corrected chi connectivity index (χ3v) is 6.26. The van der Waals surface area contributed by atoms with Crippen molar-refractivity contribution in [2.24, 2.45) is 0 Å². The van der Waals surface area contributed by atoms with E-state index in [0.717, 1.165) is 25.9 Å². The van der Waals surface area contributed by atoms with Crippen molar-refractivity contribution in [3.8, 4) is 0 Å². The van der Waals surface area contributed by atoms with Gasteiger partial charge in [0.25, 0.3) is 11.5 Å². The van der Waals surface area contributed by atoms with Crippen molar-refractivity contribution < 1.29 is 9.53 Å². The third kappa shape index (κ3) is 4.08. The van der Waals surface area contributed by atoms with Crippen LogP contribution in [0.25, 0.3) is 11.7 Å². The van der Waals surface area contributed by atoms with Gasteiger partial charge in [-0.15, -0.1) is 0 Å². The standard InChI is InChI=1S/C20H22N4O3S2/c1-2-8-24-19(26)15(29-20(24)28)11-14-17(21-12-13-6-5-10-27-13)22-16-7-3-4-9-23(16)18(14)25/h3-4,7,9,11,13,21H,2,5-6,8,10,12H2,1H3. The highest BCUT2D eigenvalue weighted by atomic mass is 32.2. The first-order chi connectivity index (χ1) is 14.1. The number of hydrogen-bond donors (Lipinski definition) is 1. The number of thioether (sulfide) groups is 1. The number of thiocarbonyl (C=S) groups is 1. The van der Waals surface area contributed by atoms with Crippen LogP contribution in [0.4, 0.5) is 5.82 Å². The molecule has 2 aliphatic heterocycles. The van der Waals surface area contributed by atoms with Crippen molar-refractivity contribution in [2.75, 3.05) is 25.0 Å². The molecule has 0 aromatic carbocycles. The molecule has 0 saturated carbocycles. The third-order valence-electron chi connectivity index (χ3n) is 4.89. The van der Waals surface area contributed by atoms with Crippen molar-refractivity contribution in [3.63, 3.8) is 0 Å². The minimum absolute atomic E-state index is 0.0987. The fraction of sp³-hybridized carbons (Fsp3) is 0.400. The Hall–Kier alpha value is -2.23. The molecular formula is C20H22N4O3S2. The molecule has 29 heavy (non-hydrogen) atoms. The van der Waals surface area contributed by atoms with E-state index < -0.39 is 0 Å². The minimum atomic E-state index is -0.230. The molecule has 2 saturated heterocycles. The Morgan fingerprint density at radius 2 is 2.28 bits per heavy atom. The summed E-state index contributed by atoms with van der Waals surface area (Å²) in [7, 11) is 0. The number of aromatic nitrogens is 2. The summed E-state index contributed by atoms with van der Waals surface area (Å²) >= 11 is 6.56. The number of pyridine rings is 1. The number of carbonyl (C=O) groups is 1. The van der Waals surface area contributed by atoms with Crippen LogP contribution in [0.3, 0.4) is 0 Å². The van der Waals surface area contributed by atoms with Crippen LogP contribution in [0.1, 0.15) is 31.7 Å². The first-order valence-electron chi connectivity index (χ1n) is 9.70. The Labute approximate surface area is 178 Å². The summed E-state index contributed by atoms with van der Waals surface area (Å²) in [6.07, 6.45) is 6.21. The number of rotatable bonds is 6. The van der Waals surface area contributed by atoms with Gasteiger partial charge in [0.15, 0.2) is 0 Å². The van der Waals surface area contributed by atoms with E-state index in [9.17, 15) is 9.59 Å². The van der Waals surface area contributed by atoms with Gasteiger partial charge in [-0.05, 0) is 37.5 Å². The lowest BCUT2D eigenvalue weighted by Gasteiger charge is -2.14. The molecule has 2 fully saturated rings. The van der Waals surface area contributed by atoms with Crippen molar-refractivity contribution in [3.05, 3.63) is 45.2 Å². The van der Waals surface area contributed by atoms with Gasteiger partial charge in [-0.25, -0.2) is 4.98 Å². The van der Waals surface area contributed by atoms with Crippen LogP contribution in [0, 0.1) is 0 Å². The normalized spacial score (nSPS) is 20.9. The van der Waals surface area contributed by atoms with E-state index in [1.807, 2.05) is 13.0 Å². The van der Waals surface area contributed by atoms with Crippen LogP contribution in [0.2, 0.25) is 0 Å². The summed E-state index contributed by atoms with van der Waals surface area (Å²) in [5.41, 5.74) is 0.665. The Kier molecular flexibility index (Phi) is 5.98. The molecule has 2 aromatic rings. The molecule has 1 unspecified atom stereocenters. The van der Waals surface area contributed by atoms with Crippen molar-refractivity contribution in [2.45, 2.75) is 32.3 Å². The van der Waals surface area contributed by atoms with Crippen molar-refractivity contribution in [1.29, 1.82) is 0 Å². The molecule has 0 spiro atoms. The highest BCUT2D eigenvalue weighted by Crippen LogP contribution is 2.33. The largest absolute Gasteiger partial charge is 0.376 e. The van der Waals surface area contributed by atoms with Gasteiger partial charge in [-0.3, -0.25) is 18.9 Å². The molecule has 2 aliphatic rings. The van der Waals surface area contributed by atoms with E-state index in [1.165, 1.54) is 16.2 Å². The smallest absolute Gasteiger partial charge is 0.267 e. The molecule has 0 aliphatic carbocycles. The quantitative estimate of drug-likeness (QED) is 0.558. The van der Waals surface area contributed by atoms with E-state index >= 15 is 0 Å². The van der Waals surface area contributed by atoms with Gasteiger partial charge in [-0.2, -0.15) is 0 Å². The Balaban J connectivity index is 1.74. The van der Waals surface area contributed by atoms with E-state index in [1.54, 1.807) is 29.3 Å². The predicted molar refractivity (Wildman–Crippen MR) is 119 cm³/mol. The zero-order chi connectivity index (χ0) is 20.4. The van der Waals surface area contributed by atoms with Gasteiger partial charge < -0.3 is 10.1 Å². The molecule has 2 aromatic heterocycles. The summed E-state index contributed by atoms with van der Waals surface area (Å²) in [4.78, 5) is 32.6. The summed E-state index contributed by atoms with van der Waals surface area (Å²) in [5, 5.41) is 3.26. The van der Waals surface area contributed by atoms with E-state index in [4.69, 9.17) is 17.0 Å². The highest BCUT2D eigenvalue weighted by molar-refractivity contribution is 8.26. The average Bonchev–Trinajstić information content (AvgIpc) is 3.33. The SMILES string of the molecule is CCCN1C(=O)C(=Cc2c(NCC3CCCO3)nc3ccccn3c2=O)SC1=S. The van der Waals surface area contributed by atoms with Gasteiger partial charge in [0, 0.05) is 25.9 Å². The minimum Gasteiger partial charge on any atom is -0.376 e. The number of anilines is 1. The van der Waals surface area contributed by atoms with Crippen LogP contribution in [-0.4, -0.2) is 50.3 Å². The monoisotopic (exact) mass is 430 g/mol. The molecule has 0 radical (unpaired) electrons. The molecular weight excluding hydrogens is 408 g/mol. The number of amides is 1. The molecule has 4 heterocycles. The van der Waals surface area contributed by atoms with Crippen molar-refractivity contribution in [1.82, 2.24) is 14.3 Å². The van der Waals surface area contributed by atoms with Gasteiger partial charge in [-0.1, -0.05) is 37.0 Å². The lowest BCUT2D eigenvalue weighted by molar-refractivity contribution is -0.122. The maximum absolute atomic E-state index is 13.2. The first-order valence-corrected chi connectivity index (χ1v) is 10.9. The van der Waals surface area contributed by atoms with E-state index in [2.05, 4.69) is 10.3 Å². The van der Waals surface area contributed by atoms with Crippen LogP contribution < -0.4 is 10.9 Å². The number of carbonyl (C=O) groups excluding carboxylic acids is 1. The van der Waals surface area contributed by atoms with Gasteiger partial charge in [0.1, 0.15) is 15.8 Å². The number of fused-ring (bicyclic) bond motifs is 1. The molecule has 9 heteroatoms. The maximum Gasteiger partial charge on any atom is 0.267 e. The Bertz CT molecular complexity index is 1040. The van der Waals surface area contributed by atoms with Crippen LogP contribution in [0.15, 0.2) is 34.1 Å². The van der Waals surface area contributed by atoms with Crippen LogP contribution in [0.5, 0.6) is 0 Å². The highest BCUT2D eigenvalue weighted by Gasteiger charge is 2.32. The molecule has 1 N–H and O–H groups in total. The number of nitrogens with one attached hydrogen (secondary N) is 1. The lowest BCUT2D eigenvalue weighted by atomic mass is 10.2. The summed E-state index contributed by atoms with van der Waals surface area (Å²) in [5.74, 6) is 0.293. The lowest BCUT2D eigenvalue weighted by Crippen LogP contribution is -2.28. The summed E-state index contributed by atoms with van der Waals surface area (Å²) in [6, 6.07) is 5.39. The van der Waals surface area contributed by atoms with Gasteiger partial charge >= 0.3 is 0 Å².